The maximum absolute atomic E-state index is 13.4. The van der Waals surface area contributed by atoms with Crippen LogP contribution in [0, 0.1) is 0 Å². The first-order valence-electron chi connectivity index (χ1n) is 8.56. The summed E-state index contributed by atoms with van der Waals surface area (Å²) in [5.41, 5.74) is 1.46. The van der Waals surface area contributed by atoms with E-state index in [0.717, 1.165) is 11.6 Å². The molecule has 0 atom stereocenters. The van der Waals surface area contributed by atoms with Crippen molar-refractivity contribution in [3.63, 3.8) is 0 Å². The number of aromatic nitrogens is 1. The molecule has 7 heteroatoms. The van der Waals surface area contributed by atoms with E-state index >= 15 is 0 Å². The van der Waals surface area contributed by atoms with Crippen LogP contribution in [0.25, 0.3) is 11.1 Å². The molecule has 3 nitrogen and oxygen atoms in total. The zero-order chi connectivity index (χ0) is 19.9. The first-order chi connectivity index (χ1) is 13.3. The topological polar surface area (TPSA) is 33.2 Å². The average molecular weight is 403 g/mol. The highest BCUT2D eigenvalue weighted by molar-refractivity contribution is 6.30. The van der Waals surface area contributed by atoms with Gasteiger partial charge < -0.3 is 4.90 Å². The lowest BCUT2D eigenvalue weighted by Crippen LogP contribution is -2.37. The van der Waals surface area contributed by atoms with Gasteiger partial charge in [-0.3, -0.25) is 9.78 Å². The summed E-state index contributed by atoms with van der Waals surface area (Å²) in [6, 6.07) is 12.0. The van der Waals surface area contributed by atoms with E-state index < -0.39 is 11.7 Å². The summed E-state index contributed by atoms with van der Waals surface area (Å²) in [7, 11) is 0. The van der Waals surface area contributed by atoms with Crippen LogP contribution in [0.2, 0.25) is 5.02 Å². The molecule has 0 aliphatic carbocycles. The number of fused-ring (bicyclic) bond motifs is 1. The van der Waals surface area contributed by atoms with Gasteiger partial charge in [-0.2, -0.15) is 13.2 Å². The van der Waals surface area contributed by atoms with Gasteiger partial charge in [0.25, 0.3) is 5.91 Å². The molecule has 1 aliphatic rings. The molecule has 0 unspecified atom stereocenters. The Kier molecular flexibility index (Phi) is 4.59. The molecule has 0 bridgehead atoms. The van der Waals surface area contributed by atoms with E-state index in [1.165, 1.54) is 29.4 Å². The van der Waals surface area contributed by atoms with E-state index in [1.807, 2.05) is 0 Å². The van der Waals surface area contributed by atoms with E-state index in [0.29, 0.717) is 34.8 Å². The molecule has 1 amide bonds. The molecule has 0 radical (unpaired) electrons. The Labute approximate surface area is 164 Å². The molecule has 1 aromatic heterocycles. The van der Waals surface area contributed by atoms with Crippen molar-refractivity contribution in [3.05, 3.63) is 82.6 Å². The Morgan fingerprint density at radius 2 is 1.79 bits per heavy atom. The van der Waals surface area contributed by atoms with Crippen LogP contribution in [0.15, 0.2) is 60.9 Å². The number of alkyl halides is 3. The van der Waals surface area contributed by atoms with Gasteiger partial charge in [0.2, 0.25) is 0 Å². The number of amides is 1. The highest BCUT2D eigenvalue weighted by Crippen LogP contribution is 2.38. The normalized spacial score (nSPS) is 14.1. The smallest absolute Gasteiger partial charge is 0.306 e. The van der Waals surface area contributed by atoms with Gasteiger partial charge in [-0.05, 0) is 47.9 Å². The number of nitrogens with zero attached hydrogens (tertiary/aromatic N) is 2. The van der Waals surface area contributed by atoms with E-state index in [2.05, 4.69) is 4.98 Å². The number of carbonyl (C=O) groups is 1. The molecule has 142 valence electrons. The number of halogens is 4. The molecule has 4 rings (SSSR count). The summed E-state index contributed by atoms with van der Waals surface area (Å²) < 4.78 is 40.1. The predicted octanol–water partition coefficient (Wildman–Crippen LogP) is 5.62. The number of hydrogen-bond donors (Lipinski definition) is 0. The highest BCUT2D eigenvalue weighted by Gasteiger charge is 2.33. The SMILES string of the molecule is O=C1c2ccc(Cl)cc2CCN1c1cncc(-c2ccccc2C(F)(F)F)c1. The number of carbonyl (C=O) groups excluding carboxylic acids is 1. The monoisotopic (exact) mass is 402 g/mol. The summed E-state index contributed by atoms with van der Waals surface area (Å²) in [4.78, 5) is 18.5. The Bertz CT molecular complexity index is 1070. The van der Waals surface area contributed by atoms with Gasteiger partial charge >= 0.3 is 6.18 Å². The van der Waals surface area contributed by atoms with Crippen molar-refractivity contribution in [1.82, 2.24) is 4.98 Å². The molecule has 0 N–H and O–H groups in total. The molecule has 1 aliphatic heterocycles. The molecule has 0 saturated heterocycles. The van der Waals surface area contributed by atoms with E-state index in [9.17, 15) is 18.0 Å². The Hall–Kier alpha value is -2.86. The van der Waals surface area contributed by atoms with Crippen molar-refractivity contribution >= 4 is 23.2 Å². The standard InChI is InChI=1S/C21H14ClF3N2O/c22-15-5-6-18-13(9-15)7-8-27(20(18)28)16-10-14(11-26-12-16)17-3-1-2-4-19(17)21(23,24)25/h1-6,9-12H,7-8H2. The number of pyridine rings is 1. The maximum atomic E-state index is 13.4. The first-order valence-corrected chi connectivity index (χ1v) is 8.94. The van der Waals surface area contributed by atoms with Crippen LogP contribution in [0.1, 0.15) is 21.5 Å². The summed E-state index contributed by atoms with van der Waals surface area (Å²) in [5, 5.41) is 0.562. The van der Waals surface area contributed by atoms with Crippen molar-refractivity contribution in [2.45, 2.75) is 12.6 Å². The van der Waals surface area contributed by atoms with Gasteiger partial charge in [-0.15, -0.1) is 0 Å². The second kappa shape index (κ2) is 6.95. The number of rotatable bonds is 2. The van der Waals surface area contributed by atoms with Crippen LogP contribution < -0.4 is 4.90 Å². The van der Waals surface area contributed by atoms with Crippen molar-refractivity contribution in [3.8, 4) is 11.1 Å². The van der Waals surface area contributed by atoms with E-state index in [4.69, 9.17) is 11.6 Å². The van der Waals surface area contributed by atoms with Crippen molar-refractivity contribution < 1.29 is 18.0 Å². The van der Waals surface area contributed by atoms with Crippen LogP contribution in [0.4, 0.5) is 18.9 Å². The van der Waals surface area contributed by atoms with E-state index in [-0.39, 0.29) is 11.5 Å². The van der Waals surface area contributed by atoms with Gasteiger partial charge in [-0.1, -0.05) is 29.8 Å². The Morgan fingerprint density at radius 3 is 2.57 bits per heavy atom. The predicted molar refractivity (Wildman–Crippen MR) is 102 cm³/mol. The lowest BCUT2D eigenvalue weighted by Gasteiger charge is -2.29. The summed E-state index contributed by atoms with van der Waals surface area (Å²) >= 11 is 5.99. The molecule has 3 aromatic rings. The third-order valence-corrected chi connectivity index (χ3v) is 4.96. The molecule has 0 saturated carbocycles. The average Bonchev–Trinajstić information content (AvgIpc) is 2.67. The largest absolute Gasteiger partial charge is 0.417 e. The van der Waals surface area contributed by atoms with Crippen LogP contribution in [-0.2, 0) is 12.6 Å². The van der Waals surface area contributed by atoms with E-state index in [1.54, 1.807) is 30.3 Å². The van der Waals surface area contributed by atoms with Crippen LogP contribution in [-0.4, -0.2) is 17.4 Å². The molecule has 0 spiro atoms. The first kappa shape index (κ1) is 18.5. The third kappa shape index (κ3) is 3.36. The fraction of sp³-hybridized carbons (Fsp3) is 0.143. The van der Waals surface area contributed by atoms with Crippen LogP contribution in [0.3, 0.4) is 0 Å². The molecule has 2 heterocycles. The van der Waals surface area contributed by atoms with Gasteiger partial charge in [0.05, 0.1) is 17.4 Å². The molecular formula is C21H14ClF3N2O. The summed E-state index contributed by atoms with van der Waals surface area (Å²) in [5.74, 6) is -0.221. The minimum absolute atomic E-state index is 0.0287. The van der Waals surface area contributed by atoms with Crippen molar-refractivity contribution in [1.29, 1.82) is 0 Å². The van der Waals surface area contributed by atoms with Crippen molar-refractivity contribution in [2.24, 2.45) is 0 Å². The molecule has 0 fully saturated rings. The fourth-order valence-corrected chi connectivity index (χ4v) is 3.60. The zero-order valence-electron chi connectivity index (χ0n) is 14.5. The van der Waals surface area contributed by atoms with Gasteiger partial charge in [0.1, 0.15) is 0 Å². The van der Waals surface area contributed by atoms with Crippen LogP contribution >= 0.6 is 11.6 Å². The van der Waals surface area contributed by atoms with Gasteiger partial charge in [0.15, 0.2) is 0 Å². The second-order valence-electron chi connectivity index (χ2n) is 6.48. The van der Waals surface area contributed by atoms with Crippen LogP contribution in [0.5, 0.6) is 0 Å². The minimum atomic E-state index is -4.48. The molecule has 2 aromatic carbocycles. The minimum Gasteiger partial charge on any atom is -0.306 e. The van der Waals surface area contributed by atoms with Crippen molar-refractivity contribution in [2.75, 3.05) is 11.4 Å². The number of anilines is 1. The fourth-order valence-electron chi connectivity index (χ4n) is 3.41. The summed E-state index contributed by atoms with van der Waals surface area (Å²) in [6.07, 6.45) is -1.02. The summed E-state index contributed by atoms with van der Waals surface area (Å²) in [6.45, 7) is 0.401. The quantitative estimate of drug-likeness (QED) is 0.557. The Morgan fingerprint density at radius 1 is 1.00 bits per heavy atom. The Balaban J connectivity index is 1.73. The maximum Gasteiger partial charge on any atom is 0.417 e. The molecular weight excluding hydrogens is 389 g/mol. The zero-order valence-corrected chi connectivity index (χ0v) is 15.3. The lowest BCUT2D eigenvalue weighted by molar-refractivity contribution is -0.137. The number of benzene rings is 2. The highest BCUT2D eigenvalue weighted by atomic mass is 35.5. The second-order valence-corrected chi connectivity index (χ2v) is 6.92. The third-order valence-electron chi connectivity index (χ3n) is 4.73. The molecule has 28 heavy (non-hydrogen) atoms. The van der Waals surface area contributed by atoms with Gasteiger partial charge in [-0.25, -0.2) is 0 Å². The number of hydrogen-bond acceptors (Lipinski definition) is 2. The lowest BCUT2D eigenvalue weighted by atomic mass is 9.97. The van der Waals surface area contributed by atoms with Gasteiger partial charge in [0, 0.05) is 28.9 Å².